The Morgan fingerprint density at radius 2 is 2.09 bits per heavy atom. The van der Waals surface area contributed by atoms with Gasteiger partial charge < -0.3 is 9.99 Å². The molecule has 23 heavy (non-hydrogen) atoms. The lowest BCUT2D eigenvalue weighted by Gasteiger charge is -2.27. The number of hydrogen-bond donors (Lipinski definition) is 0. The third-order valence-electron chi connectivity index (χ3n) is 5.04. The number of carbonyl (C=O) groups is 1. The largest absolute Gasteiger partial charge is 0.691 e. The number of fused-ring (bicyclic) bond motifs is 1. The summed E-state index contributed by atoms with van der Waals surface area (Å²) in [6, 6.07) is 0. The molecule has 0 aromatic carbocycles. The predicted molar refractivity (Wildman–Crippen MR) is 67.5 cm³/mol. The molecule has 0 aromatic rings. The first kappa shape index (κ1) is 17.3. The highest BCUT2D eigenvalue weighted by atomic mass is 32.2. The molecule has 0 N–H and O–H groups in total. The van der Waals surface area contributed by atoms with Gasteiger partial charge in [0.25, 0.3) is 10.1 Å². The second-order valence-electron chi connectivity index (χ2n) is 6.39. The molecule has 2 saturated carbocycles. The van der Waals surface area contributed by atoms with Gasteiger partial charge in [0.15, 0.2) is 0 Å². The molecule has 1 aliphatic heterocycles. The Labute approximate surface area is 134 Å². The van der Waals surface area contributed by atoms with Crippen molar-refractivity contribution >= 4 is 28.1 Å². The molecule has 2 bridgehead atoms. The molecular weight excluding hydrogens is 362 g/mol. The van der Waals surface area contributed by atoms with Crippen LogP contribution in [0.2, 0.25) is 0 Å². The van der Waals surface area contributed by atoms with E-state index in [4.69, 9.17) is 8.92 Å². The highest BCUT2D eigenvalue weighted by Gasteiger charge is 2.73. The number of carbonyl (C=O) groups excluding carboxylic acids is 1. The van der Waals surface area contributed by atoms with Crippen LogP contribution in [0.25, 0.3) is 0 Å². The zero-order chi connectivity index (χ0) is 17.2. The lowest BCUT2D eigenvalue weighted by atomic mass is 9.81. The molecule has 0 radical (unpaired) electrons. The fourth-order valence-electron chi connectivity index (χ4n) is 4.12. The van der Waals surface area contributed by atoms with Gasteiger partial charge in [-0.15, -0.1) is 0 Å². The average Bonchev–Trinajstić information content (AvgIpc) is 2.90. The second-order valence-corrected chi connectivity index (χ2v) is 8.99. The van der Waals surface area contributed by atoms with Crippen LogP contribution in [0.3, 0.4) is 0 Å². The van der Waals surface area contributed by atoms with Crippen molar-refractivity contribution in [1.82, 2.24) is 0 Å². The lowest BCUT2D eigenvalue weighted by Crippen LogP contribution is -2.41. The van der Waals surface area contributed by atoms with Crippen LogP contribution in [0, 0.1) is 17.3 Å². The number of alkyl halides is 2. The van der Waals surface area contributed by atoms with Crippen molar-refractivity contribution in [1.29, 1.82) is 0 Å². The first-order valence-electron chi connectivity index (χ1n) is 6.67. The molecule has 0 aromatic heterocycles. The summed E-state index contributed by atoms with van der Waals surface area (Å²) in [6.45, 7) is 3.60. The maximum absolute atomic E-state index is 13.5. The maximum atomic E-state index is 13.5. The first-order chi connectivity index (χ1) is 10.5. The van der Waals surface area contributed by atoms with Crippen LogP contribution in [0.1, 0.15) is 20.3 Å². The standard InChI is InChI=1S/C11H14F2O8S2/c1-10(2)4-3-5-6(10)8(19-23(5,16)17)7(4)18-9(14)11(12,13)22-21-20-15/h4-8,15H,3H2,1-2H3/p-1. The van der Waals surface area contributed by atoms with Gasteiger partial charge in [0, 0.05) is 11.8 Å². The minimum Gasteiger partial charge on any atom is -0.691 e. The van der Waals surface area contributed by atoms with Crippen molar-refractivity contribution in [2.75, 3.05) is 0 Å². The highest BCUT2D eigenvalue weighted by molar-refractivity contribution is 7.96. The minimum atomic E-state index is -4.17. The van der Waals surface area contributed by atoms with Gasteiger partial charge in [-0.1, -0.05) is 13.8 Å². The molecule has 8 nitrogen and oxygen atoms in total. The van der Waals surface area contributed by atoms with E-state index in [1.807, 2.05) is 0 Å². The molecule has 3 rings (SSSR count). The summed E-state index contributed by atoms with van der Waals surface area (Å²) in [7, 11) is -3.79. The lowest BCUT2D eigenvalue weighted by molar-refractivity contribution is -0.777. The molecule has 1 heterocycles. The number of esters is 1. The van der Waals surface area contributed by atoms with Crippen LogP contribution in [0.15, 0.2) is 0 Å². The topological polar surface area (TPSA) is 111 Å². The maximum Gasteiger partial charge on any atom is 0.415 e. The first-order valence-corrected chi connectivity index (χ1v) is 8.89. The van der Waals surface area contributed by atoms with Crippen LogP contribution in [0.5, 0.6) is 0 Å². The Hall–Kier alpha value is -0.530. The Kier molecular flexibility index (Phi) is 3.93. The van der Waals surface area contributed by atoms with E-state index >= 15 is 0 Å². The van der Waals surface area contributed by atoms with Crippen molar-refractivity contribution in [2.24, 2.45) is 17.3 Å². The molecule has 5 atom stereocenters. The number of ether oxygens (including phenoxy) is 1. The van der Waals surface area contributed by atoms with Crippen LogP contribution in [-0.4, -0.2) is 37.1 Å². The van der Waals surface area contributed by atoms with E-state index in [0.29, 0.717) is 0 Å². The third kappa shape index (κ3) is 2.46. The smallest absolute Gasteiger partial charge is 0.415 e. The monoisotopic (exact) mass is 375 g/mol. The van der Waals surface area contributed by atoms with Crippen molar-refractivity contribution in [3.63, 3.8) is 0 Å². The molecular formula is C11H13F2O8S2-. The second kappa shape index (κ2) is 5.23. The number of rotatable bonds is 5. The van der Waals surface area contributed by atoms with Crippen LogP contribution >= 0.6 is 12.0 Å². The summed E-state index contributed by atoms with van der Waals surface area (Å²) in [5, 5.41) is 7.50. The molecule has 3 fully saturated rings. The molecule has 1 saturated heterocycles. The van der Waals surface area contributed by atoms with E-state index in [2.05, 4.69) is 9.37 Å². The molecule has 0 spiro atoms. The van der Waals surface area contributed by atoms with Gasteiger partial charge in [-0.25, -0.2) is 4.79 Å². The van der Waals surface area contributed by atoms with E-state index < -0.39 is 68.1 Å². The Morgan fingerprint density at radius 3 is 2.70 bits per heavy atom. The van der Waals surface area contributed by atoms with E-state index in [9.17, 15) is 27.3 Å². The van der Waals surface area contributed by atoms with Gasteiger partial charge in [-0.2, -0.15) is 21.5 Å². The molecule has 12 heteroatoms. The summed E-state index contributed by atoms with van der Waals surface area (Å²) in [5.41, 5.74) is -0.527. The van der Waals surface area contributed by atoms with E-state index in [1.54, 1.807) is 13.8 Å². The summed E-state index contributed by atoms with van der Waals surface area (Å²) in [5.74, 6) is -2.78. The summed E-state index contributed by atoms with van der Waals surface area (Å²) in [4.78, 5) is 11.6. The number of halogens is 2. The van der Waals surface area contributed by atoms with E-state index in [1.165, 1.54) is 0 Å². The van der Waals surface area contributed by atoms with E-state index in [0.717, 1.165) is 0 Å². The third-order valence-corrected chi connectivity index (χ3v) is 7.26. The van der Waals surface area contributed by atoms with Gasteiger partial charge in [-0.05, 0) is 11.8 Å². The van der Waals surface area contributed by atoms with Gasteiger partial charge in [-0.3, -0.25) is 9.22 Å². The Morgan fingerprint density at radius 1 is 1.43 bits per heavy atom. The molecule has 132 valence electrons. The van der Waals surface area contributed by atoms with Crippen molar-refractivity contribution < 1.29 is 45.5 Å². The summed E-state index contributed by atoms with van der Waals surface area (Å²) < 4.78 is 64.1. The zero-order valence-electron chi connectivity index (χ0n) is 11.9. The van der Waals surface area contributed by atoms with Gasteiger partial charge in [0.05, 0.1) is 5.25 Å². The zero-order valence-corrected chi connectivity index (χ0v) is 13.6. The van der Waals surface area contributed by atoms with Crippen LogP contribution in [-0.2, 0) is 33.2 Å². The molecule has 2 aliphatic carbocycles. The van der Waals surface area contributed by atoms with Crippen LogP contribution in [0.4, 0.5) is 8.78 Å². The fourth-order valence-corrected chi connectivity index (χ4v) is 6.34. The van der Waals surface area contributed by atoms with Gasteiger partial charge in [0.2, 0.25) is 0 Å². The minimum absolute atomic E-state index is 0.188. The van der Waals surface area contributed by atoms with E-state index in [-0.39, 0.29) is 6.42 Å². The average molecular weight is 375 g/mol. The van der Waals surface area contributed by atoms with Crippen LogP contribution < -0.4 is 5.26 Å². The Balaban J connectivity index is 1.79. The molecule has 5 unspecified atom stereocenters. The quantitative estimate of drug-likeness (QED) is 0.218. The summed E-state index contributed by atoms with van der Waals surface area (Å²) >= 11 is -0.793. The van der Waals surface area contributed by atoms with Gasteiger partial charge >= 0.3 is 11.2 Å². The normalized spacial score (nSPS) is 39.6. The fraction of sp³-hybridized carbons (Fsp3) is 0.909. The number of hydrogen-bond acceptors (Lipinski definition) is 9. The Bertz CT molecular complexity index is 622. The van der Waals surface area contributed by atoms with Crippen molar-refractivity contribution in [3.8, 4) is 0 Å². The molecule has 0 amide bonds. The summed E-state index contributed by atoms with van der Waals surface area (Å²) in [6.07, 6.45) is -1.89. The van der Waals surface area contributed by atoms with Crippen molar-refractivity contribution in [2.45, 2.75) is 43.0 Å². The highest BCUT2D eigenvalue weighted by Crippen LogP contribution is 2.64. The molecule has 3 aliphatic rings. The van der Waals surface area contributed by atoms with Crippen molar-refractivity contribution in [3.05, 3.63) is 0 Å². The SMILES string of the molecule is CC1(C)C2CC3C1C(OS3(=O)=O)C2OC(=O)C(F)(F)SOO[O-]. The predicted octanol–water partition coefficient (Wildman–Crippen LogP) is 0.136. The van der Waals surface area contributed by atoms with Gasteiger partial charge in [0.1, 0.15) is 24.3 Å².